The molecule has 0 aliphatic carbocycles. The molecular formula is C13H28IO4P. The Bertz CT molecular complexity index is 195. The van der Waals surface area contributed by atoms with Crippen molar-refractivity contribution in [2.45, 2.75) is 59.0 Å². The van der Waals surface area contributed by atoms with Gasteiger partial charge in [-0.25, -0.2) is 0 Å². The molecule has 116 valence electrons. The van der Waals surface area contributed by atoms with Crippen LogP contribution in [0.2, 0.25) is 0 Å². The van der Waals surface area contributed by atoms with Crippen LogP contribution in [0.4, 0.5) is 0 Å². The van der Waals surface area contributed by atoms with E-state index in [2.05, 4.69) is 36.4 Å². The van der Waals surface area contributed by atoms with Gasteiger partial charge >= 0.3 is 8.60 Å². The first kappa shape index (κ1) is 20.0. The molecule has 0 spiro atoms. The van der Waals surface area contributed by atoms with Crippen molar-refractivity contribution in [3.8, 4) is 0 Å². The van der Waals surface area contributed by atoms with Gasteiger partial charge in [0, 0.05) is 4.43 Å². The smallest absolute Gasteiger partial charge is 0.334 e. The van der Waals surface area contributed by atoms with E-state index < -0.39 is 8.60 Å². The van der Waals surface area contributed by atoms with Crippen molar-refractivity contribution in [2.75, 3.05) is 24.4 Å². The fourth-order valence-electron chi connectivity index (χ4n) is 0.946. The maximum absolute atomic E-state index is 5.65. The minimum absolute atomic E-state index is 0.172. The molecular weight excluding hydrogens is 378 g/mol. The van der Waals surface area contributed by atoms with Crippen LogP contribution in [0.5, 0.6) is 0 Å². The van der Waals surface area contributed by atoms with Crippen molar-refractivity contribution in [2.24, 2.45) is 0 Å². The van der Waals surface area contributed by atoms with Gasteiger partial charge in [0.15, 0.2) is 6.79 Å². The highest BCUT2D eigenvalue weighted by Crippen LogP contribution is 2.40. The zero-order chi connectivity index (χ0) is 14.6. The van der Waals surface area contributed by atoms with Crippen molar-refractivity contribution in [1.82, 2.24) is 0 Å². The Hall–Kier alpha value is 1.00. The molecule has 0 atom stereocenters. The number of halogens is 1. The van der Waals surface area contributed by atoms with Crippen LogP contribution in [0, 0.1) is 0 Å². The molecule has 0 aliphatic heterocycles. The summed E-state index contributed by atoms with van der Waals surface area (Å²) in [7, 11) is -1.27. The number of hydrogen-bond donors (Lipinski definition) is 0. The Balaban J connectivity index is 3.88. The average Bonchev–Trinajstić information content (AvgIpc) is 2.38. The third-order valence-corrected chi connectivity index (χ3v) is 5.26. The summed E-state index contributed by atoms with van der Waals surface area (Å²) < 4.78 is 23.4. The van der Waals surface area contributed by atoms with Crippen LogP contribution in [-0.2, 0) is 18.3 Å². The fraction of sp³-hybridized carbons (Fsp3) is 1.00. The molecule has 0 radical (unpaired) electrons. The lowest BCUT2D eigenvalue weighted by Gasteiger charge is -2.24. The highest BCUT2D eigenvalue weighted by molar-refractivity contribution is 14.1. The standard InChI is InChI=1S/C13H28IO4P/c1-5-7-9-16-19(17-10-8-6-2)18-12-15-13(3,4)11-14/h5-12H2,1-4H3. The van der Waals surface area contributed by atoms with Crippen LogP contribution in [0.15, 0.2) is 0 Å². The first-order chi connectivity index (χ1) is 9.05. The Morgan fingerprint density at radius 2 is 1.47 bits per heavy atom. The second-order valence-electron chi connectivity index (χ2n) is 4.88. The minimum Gasteiger partial charge on any atom is -0.348 e. The van der Waals surface area contributed by atoms with Gasteiger partial charge in [-0.3, -0.25) is 4.52 Å². The van der Waals surface area contributed by atoms with Crippen molar-refractivity contribution >= 4 is 31.2 Å². The van der Waals surface area contributed by atoms with E-state index in [0.29, 0.717) is 13.2 Å². The van der Waals surface area contributed by atoms with E-state index in [1.165, 1.54) is 0 Å². The zero-order valence-corrected chi connectivity index (χ0v) is 15.7. The zero-order valence-electron chi connectivity index (χ0n) is 12.6. The number of ether oxygens (including phenoxy) is 1. The van der Waals surface area contributed by atoms with Gasteiger partial charge in [0.05, 0.1) is 18.8 Å². The molecule has 0 saturated heterocycles. The van der Waals surface area contributed by atoms with Crippen LogP contribution in [-0.4, -0.2) is 30.0 Å². The van der Waals surface area contributed by atoms with E-state index in [-0.39, 0.29) is 12.4 Å². The predicted octanol–water partition coefficient (Wildman–Crippen LogP) is 5.05. The summed E-state index contributed by atoms with van der Waals surface area (Å²) in [4.78, 5) is 0. The number of unbranched alkanes of at least 4 members (excludes halogenated alkanes) is 2. The van der Waals surface area contributed by atoms with Gasteiger partial charge in [-0.1, -0.05) is 49.3 Å². The van der Waals surface area contributed by atoms with Gasteiger partial charge < -0.3 is 13.8 Å². The van der Waals surface area contributed by atoms with Gasteiger partial charge in [0.25, 0.3) is 0 Å². The molecule has 19 heavy (non-hydrogen) atoms. The maximum atomic E-state index is 5.65. The van der Waals surface area contributed by atoms with Crippen LogP contribution >= 0.6 is 31.2 Å². The van der Waals surface area contributed by atoms with Crippen molar-refractivity contribution < 1.29 is 18.3 Å². The van der Waals surface area contributed by atoms with Gasteiger partial charge in [-0.2, -0.15) is 0 Å². The molecule has 0 heterocycles. The monoisotopic (exact) mass is 406 g/mol. The first-order valence-corrected chi connectivity index (χ1v) is 9.56. The lowest BCUT2D eigenvalue weighted by molar-refractivity contribution is -0.0786. The predicted molar refractivity (Wildman–Crippen MR) is 88.6 cm³/mol. The largest absolute Gasteiger partial charge is 0.348 e. The van der Waals surface area contributed by atoms with Crippen molar-refractivity contribution in [1.29, 1.82) is 0 Å². The summed E-state index contributed by atoms with van der Waals surface area (Å²) in [5, 5.41) is 0. The topological polar surface area (TPSA) is 36.9 Å². The van der Waals surface area contributed by atoms with Crippen LogP contribution in [0.3, 0.4) is 0 Å². The highest BCUT2D eigenvalue weighted by Gasteiger charge is 2.19. The molecule has 0 unspecified atom stereocenters. The van der Waals surface area contributed by atoms with E-state index in [1.54, 1.807) is 0 Å². The third kappa shape index (κ3) is 12.5. The summed E-state index contributed by atoms with van der Waals surface area (Å²) in [5.74, 6) is 0. The van der Waals surface area contributed by atoms with Crippen LogP contribution in [0.25, 0.3) is 0 Å². The quantitative estimate of drug-likeness (QED) is 0.141. The second-order valence-corrected chi connectivity index (χ2v) is 6.87. The summed E-state index contributed by atoms with van der Waals surface area (Å²) >= 11 is 2.30. The lowest BCUT2D eigenvalue weighted by atomic mass is 10.2. The molecule has 4 nitrogen and oxygen atoms in total. The van der Waals surface area contributed by atoms with E-state index >= 15 is 0 Å². The molecule has 0 amide bonds. The summed E-state index contributed by atoms with van der Waals surface area (Å²) in [6.07, 6.45) is 4.27. The molecule has 0 aromatic carbocycles. The van der Waals surface area contributed by atoms with E-state index in [0.717, 1.165) is 30.1 Å². The molecule has 6 heteroatoms. The molecule has 0 N–H and O–H groups in total. The third-order valence-electron chi connectivity index (χ3n) is 2.32. The van der Waals surface area contributed by atoms with Crippen LogP contribution < -0.4 is 0 Å². The van der Waals surface area contributed by atoms with E-state index in [1.807, 2.05) is 13.8 Å². The Labute approximate surface area is 133 Å². The maximum Gasteiger partial charge on any atom is 0.334 e. The first-order valence-electron chi connectivity index (χ1n) is 6.94. The summed E-state index contributed by atoms with van der Waals surface area (Å²) in [6, 6.07) is 0. The number of rotatable bonds is 13. The minimum atomic E-state index is -1.27. The fourth-order valence-corrected chi connectivity index (χ4v) is 2.09. The molecule has 0 aliphatic rings. The lowest BCUT2D eigenvalue weighted by Crippen LogP contribution is -2.27. The van der Waals surface area contributed by atoms with Gasteiger partial charge in [0.2, 0.25) is 0 Å². The SMILES string of the molecule is CCCCOP(OCCCC)OCOC(C)(C)CI. The Kier molecular flexibility index (Phi) is 13.4. The number of hydrogen-bond acceptors (Lipinski definition) is 4. The Morgan fingerprint density at radius 1 is 0.947 bits per heavy atom. The molecule has 0 aromatic heterocycles. The molecule has 0 bridgehead atoms. The molecule has 0 rings (SSSR count). The summed E-state index contributed by atoms with van der Waals surface area (Å²) in [5.41, 5.74) is -0.172. The molecule has 0 aromatic rings. The van der Waals surface area contributed by atoms with Crippen molar-refractivity contribution in [3.63, 3.8) is 0 Å². The van der Waals surface area contributed by atoms with Gasteiger partial charge in [0.1, 0.15) is 0 Å². The van der Waals surface area contributed by atoms with Gasteiger partial charge in [-0.15, -0.1) is 0 Å². The van der Waals surface area contributed by atoms with Crippen molar-refractivity contribution in [3.05, 3.63) is 0 Å². The molecule has 0 saturated carbocycles. The summed E-state index contributed by atoms with van der Waals surface area (Å²) in [6.45, 7) is 9.95. The normalized spacial score (nSPS) is 12.3. The second kappa shape index (κ2) is 12.7. The van der Waals surface area contributed by atoms with E-state index in [4.69, 9.17) is 18.3 Å². The average molecular weight is 406 g/mol. The van der Waals surface area contributed by atoms with E-state index in [9.17, 15) is 0 Å². The number of alkyl halides is 1. The Morgan fingerprint density at radius 3 is 1.89 bits per heavy atom. The molecule has 0 fully saturated rings. The van der Waals surface area contributed by atoms with Crippen LogP contribution in [0.1, 0.15) is 53.4 Å². The van der Waals surface area contributed by atoms with Gasteiger partial charge in [-0.05, 0) is 26.7 Å². The highest BCUT2D eigenvalue weighted by atomic mass is 127.